The minimum Gasteiger partial charge on any atom is -0.356 e. The summed E-state index contributed by atoms with van der Waals surface area (Å²) in [6.07, 6.45) is 7.66. The Morgan fingerprint density at radius 1 is 1.45 bits per heavy atom. The van der Waals surface area contributed by atoms with Gasteiger partial charge in [0.15, 0.2) is 5.96 Å². The maximum absolute atomic E-state index is 5.30. The van der Waals surface area contributed by atoms with Gasteiger partial charge in [0.1, 0.15) is 6.54 Å². The molecule has 1 unspecified atom stereocenters. The first-order valence-electron chi connectivity index (χ1n) is 7.34. The van der Waals surface area contributed by atoms with E-state index < -0.39 is 0 Å². The van der Waals surface area contributed by atoms with Crippen LogP contribution in [0.25, 0.3) is 0 Å². The maximum Gasteiger partial charge on any atom is 0.194 e. The molecule has 1 N–H and O–H groups in total. The van der Waals surface area contributed by atoms with Crippen LogP contribution in [-0.4, -0.2) is 37.0 Å². The van der Waals surface area contributed by atoms with Crippen molar-refractivity contribution < 1.29 is 0 Å². The fourth-order valence-electron chi connectivity index (χ4n) is 2.69. The number of rotatable bonds is 4. The SMILES string of the molecule is C#CCN=C(NCC)N1CCC(Cc2ccccc2)C1. The molecule has 0 aliphatic carbocycles. The van der Waals surface area contributed by atoms with Crippen LogP contribution in [0.3, 0.4) is 0 Å². The van der Waals surface area contributed by atoms with Crippen LogP contribution in [0.2, 0.25) is 0 Å². The normalized spacial score (nSPS) is 18.9. The summed E-state index contributed by atoms with van der Waals surface area (Å²) < 4.78 is 0. The Kier molecular flexibility index (Phi) is 5.49. The predicted molar refractivity (Wildman–Crippen MR) is 84.6 cm³/mol. The van der Waals surface area contributed by atoms with Gasteiger partial charge < -0.3 is 10.2 Å². The standard InChI is InChI=1S/C17H23N3/c1-3-11-19-17(18-4-2)20-12-10-16(14-20)13-15-8-6-5-7-9-15/h1,5-9,16H,4,10-14H2,2H3,(H,18,19). The largest absolute Gasteiger partial charge is 0.356 e. The zero-order chi connectivity index (χ0) is 14.2. The van der Waals surface area contributed by atoms with Crippen LogP contribution in [-0.2, 0) is 6.42 Å². The molecule has 1 aromatic carbocycles. The summed E-state index contributed by atoms with van der Waals surface area (Å²) in [4.78, 5) is 6.78. The first-order valence-corrected chi connectivity index (χ1v) is 7.34. The zero-order valence-electron chi connectivity index (χ0n) is 12.2. The molecule has 1 atom stereocenters. The summed E-state index contributed by atoms with van der Waals surface area (Å²) in [6.45, 7) is 5.54. The first-order chi connectivity index (χ1) is 9.83. The molecule has 0 aromatic heterocycles. The van der Waals surface area contributed by atoms with Gasteiger partial charge in [0, 0.05) is 19.6 Å². The van der Waals surface area contributed by atoms with Crippen LogP contribution in [0, 0.1) is 18.3 Å². The molecule has 0 spiro atoms. The first kappa shape index (κ1) is 14.5. The molecule has 0 amide bonds. The number of likely N-dealkylation sites (tertiary alicyclic amines) is 1. The molecule has 0 radical (unpaired) electrons. The Bertz CT molecular complexity index is 473. The molecule has 20 heavy (non-hydrogen) atoms. The Balaban J connectivity index is 1.92. The highest BCUT2D eigenvalue weighted by Gasteiger charge is 2.24. The van der Waals surface area contributed by atoms with Crippen LogP contribution < -0.4 is 5.32 Å². The molecule has 1 aliphatic rings. The van der Waals surface area contributed by atoms with Crippen molar-refractivity contribution >= 4 is 5.96 Å². The van der Waals surface area contributed by atoms with Crippen LogP contribution >= 0.6 is 0 Å². The van der Waals surface area contributed by atoms with Gasteiger partial charge in [-0.25, -0.2) is 4.99 Å². The van der Waals surface area contributed by atoms with Gasteiger partial charge in [-0.1, -0.05) is 36.3 Å². The fraction of sp³-hybridized carbons (Fsp3) is 0.471. The molecule has 2 rings (SSSR count). The van der Waals surface area contributed by atoms with Gasteiger partial charge in [-0.05, 0) is 31.2 Å². The lowest BCUT2D eigenvalue weighted by atomic mass is 9.99. The smallest absolute Gasteiger partial charge is 0.194 e. The van der Waals surface area contributed by atoms with E-state index in [1.165, 1.54) is 12.0 Å². The van der Waals surface area contributed by atoms with Crippen molar-refractivity contribution in [2.24, 2.45) is 10.9 Å². The zero-order valence-corrected chi connectivity index (χ0v) is 12.2. The van der Waals surface area contributed by atoms with E-state index in [-0.39, 0.29) is 0 Å². The van der Waals surface area contributed by atoms with Crippen molar-refractivity contribution in [3.8, 4) is 12.3 Å². The molecule has 1 aromatic rings. The average molecular weight is 269 g/mol. The van der Waals surface area contributed by atoms with Crippen molar-refractivity contribution in [3.05, 3.63) is 35.9 Å². The molecule has 0 saturated carbocycles. The second kappa shape index (κ2) is 7.59. The molecule has 1 heterocycles. The summed E-state index contributed by atoms with van der Waals surface area (Å²) in [6, 6.07) is 10.7. The molecule has 3 heteroatoms. The summed E-state index contributed by atoms with van der Waals surface area (Å²) >= 11 is 0. The van der Waals surface area contributed by atoms with Gasteiger partial charge in [0.2, 0.25) is 0 Å². The maximum atomic E-state index is 5.30. The Hall–Kier alpha value is -1.95. The Morgan fingerprint density at radius 3 is 2.95 bits per heavy atom. The van der Waals surface area contributed by atoms with E-state index >= 15 is 0 Å². The van der Waals surface area contributed by atoms with Gasteiger partial charge in [-0.3, -0.25) is 0 Å². The third-order valence-corrected chi connectivity index (χ3v) is 3.61. The molecular weight excluding hydrogens is 246 g/mol. The third-order valence-electron chi connectivity index (χ3n) is 3.61. The Morgan fingerprint density at radius 2 is 2.25 bits per heavy atom. The highest BCUT2D eigenvalue weighted by molar-refractivity contribution is 5.80. The topological polar surface area (TPSA) is 27.6 Å². The van der Waals surface area contributed by atoms with E-state index in [2.05, 4.69) is 58.4 Å². The van der Waals surface area contributed by atoms with Crippen molar-refractivity contribution in [2.75, 3.05) is 26.2 Å². The van der Waals surface area contributed by atoms with Gasteiger partial charge in [-0.15, -0.1) is 6.42 Å². The fourth-order valence-corrected chi connectivity index (χ4v) is 2.69. The quantitative estimate of drug-likeness (QED) is 0.515. The Labute approximate surface area is 122 Å². The minimum absolute atomic E-state index is 0.447. The van der Waals surface area contributed by atoms with Crippen LogP contribution in [0.1, 0.15) is 18.9 Å². The van der Waals surface area contributed by atoms with Crippen molar-refractivity contribution in [3.63, 3.8) is 0 Å². The molecule has 0 bridgehead atoms. The number of benzene rings is 1. The summed E-state index contributed by atoms with van der Waals surface area (Å²) in [5.74, 6) is 4.24. The lowest BCUT2D eigenvalue weighted by Gasteiger charge is -2.21. The lowest BCUT2D eigenvalue weighted by molar-refractivity contribution is 0.461. The molecule has 1 saturated heterocycles. The van der Waals surface area contributed by atoms with E-state index in [0.717, 1.165) is 32.0 Å². The number of hydrogen-bond acceptors (Lipinski definition) is 1. The van der Waals surface area contributed by atoms with Crippen molar-refractivity contribution in [1.29, 1.82) is 0 Å². The second-order valence-corrected chi connectivity index (χ2v) is 5.16. The minimum atomic E-state index is 0.447. The highest BCUT2D eigenvalue weighted by atomic mass is 15.3. The number of guanidine groups is 1. The third kappa shape index (κ3) is 4.03. The number of hydrogen-bond donors (Lipinski definition) is 1. The van der Waals surface area contributed by atoms with Crippen LogP contribution in [0.4, 0.5) is 0 Å². The molecule has 3 nitrogen and oxygen atoms in total. The van der Waals surface area contributed by atoms with Gasteiger partial charge in [-0.2, -0.15) is 0 Å². The molecular formula is C17H23N3. The van der Waals surface area contributed by atoms with Crippen LogP contribution in [0.5, 0.6) is 0 Å². The average Bonchev–Trinajstić information content (AvgIpc) is 2.93. The number of terminal acetylenes is 1. The molecule has 106 valence electrons. The number of nitrogens with one attached hydrogen (secondary N) is 1. The van der Waals surface area contributed by atoms with Gasteiger partial charge >= 0.3 is 0 Å². The van der Waals surface area contributed by atoms with Crippen molar-refractivity contribution in [1.82, 2.24) is 10.2 Å². The van der Waals surface area contributed by atoms with E-state index in [4.69, 9.17) is 6.42 Å². The van der Waals surface area contributed by atoms with E-state index in [0.29, 0.717) is 12.5 Å². The van der Waals surface area contributed by atoms with E-state index in [1.807, 2.05) is 0 Å². The van der Waals surface area contributed by atoms with E-state index in [9.17, 15) is 0 Å². The predicted octanol–water partition coefficient (Wildman–Crippen LogP) is 2.15. The number of nitrogens with zero attached hydrogens (tertiary/aromatic N) is 2. The second-order valence-electron chi connectivity index (χ2n) is 5.16. The van der Waals surface area contributed by atoms with Gasteiger partial charge in [0.05, 0.1) is 0 Å². The monoisotopic (exact) mass is 269 g/mol. The van der Waals surface area contributed by atoms with Gasteiger partial charge in [0.25, 0.3) is 0 Å². The lowest BCUT2D eigenvalue weighted by Crippen LogP contribution is -2.40. The van der Waals surface area contributed by atoms with Crippen molar-refractivity contribution in [2.45, 2.75) is 19.8 Å². The number of aliphatic imine (C=N–C) groups is 1. The van der Waals surface area contributed by atoms with Crippen LogP contribution in [0.15, 0.2) is 35.3 Å². The summed E-state index contributed by atoms with van der Waals surface area (Å²) in [5, 5.41) is 3.32. The molecule has 1 aliphatic heterocycles. The summed E-state index contributed by atoms with van der Waals surface area (Å²) in [5.41, 5.74) is 1.42. The van der Waals surface area contributed by atoms with E-state index in [1.54, 1.807) is 0 Å². The summed E-state index contributed by atoms with van der Waals surface area (Å²) in [7, 11) is 0. The highest BCUT2D eigenvalue weighted by Crippen LogP contribution is 2.20. The molecule has 1 fully saturated rings.